The van der Waals surface area contributed by atoms with Gasteiger partial charge in [-0.2, -0.15) is 0 Å². The molecule has 0 bridgehead atoms. The Morgan fingerprint density at radius 3 is 2.48 bits per heavy atom. The van der Waals surface area contributed by atoms with Crippen molar-refractivity contribution in [3.8, 4) is 0 Å². The van der Waals surface area contributed by atoms with Gasteiger partial charge in [0.1, 0.15) is 0 Å². The minimum Gasteiger partial charge on any atom is -0.465 e. The number of ether oxygens (including phenoxy) is 1. The zero-order chi connectivity index (χ0) is 19.3. The number of rotatable bonds is 7. The first kappa shape index (κ1) is 19.5. The van der Waals surface area contributed by atoms with Gasteiger partial charge in [0.25, 0.3) is 0 Å². The molecular formula is C20H24N2O4S. The number of nitrogens with one attached hydrogen (secondary N) is 1. The predicted molar refractivity (Wildman–Crippen MR) is 103 cm³/mol. The van der Waals surface area contributed by atoms with E-state index in [0.717, 1.165) is 31.5 Å². The molecule has 7 heteroatoms. The SMILES string of the molecule is COC(=O)c1cccc(S(=O)(=O)NC[C@@H](c2ccccc2)N2CCCC2)c1. The highest BCUT2D eigenvalue weighted by Gasteiger charge is 2.25. The smallest absolute Gasteiger partial charge is 0.337 e. The quantitative estimate of drug-likeness (QED) is 0.738. The van der Waals surface area contributed by atoms with E-state index in [1.807, 2.05) is 30.3 Å². The average Bonchev–Trinajstić information content (AvgIpc) is 3.23. The summed E-state index contributed by atoms with van der Waals surface area (Å²) in [7, 11) is -2.48. The molecule has 2 aromatic rings. The van der Waals surface area contributed by atoms with E-state index in [-0.39, 0.29) is 23.0 Å². The lowest BCUT2D eigenvalue weighted by atomic mass is 10.1. The van der Waals surface area contributed by atoms with Gasteiger partial charge in [0.15, 0.2) is 0 Å². The van der Waals surface area contributed by atoms with Crippen molar-refractivity contribution in [3.63, 3.8) is 0 Å². The van der Waals surface area contributed by atoms with Crippen LogP contribution in [0.25, 0.3) is 0 Å². The van der Waals surface area contributed by atoms with Crippen LogP contribution >= 0.6 is 0 Å². The Labute approximate surface area is 160 Å². The van der Waals surface area contributed by atoms with Gasteiger partial charge in [0, 0.05) is 12.6 Å². The normalized spacial score (nSPS) is 16.2. The van der Waals surface area contributed by atoms with Crippen molar-refractivity contribution in [2.45, 2.75) is 23.8 Å². The van der Waals surface area contributed by atoms with Crippen molar-refractivity contribution in [1.82, 2.24) is 9.62 Å². The minimum atomic E-state index is -3.74. The third kappa shape index (κ3) is 4.74. The largest absolute Gasteiger partial charge is 0.465 e. The van der Waals surface area contributed by atoms with Crippen molar-refractivity contribution >= 4 is 16.0 Å². The Bertz CT molecular complexity index is 878. The van der Waals surface area contributed by atoms with Crippen LogP contribution in [0, 0.1) is 0 Å². The number of sulfonamides is 1. The highest BCUT2D eigenvalue weighted by atomic mass is 32.2. The molecule has 3 rings (SSSR count). The summed E-state index contributed by atoms with van der Waals surface area (Å²) in [6.07, 6.45) is 2.24. The van der Waals surface area contributed by atoms with Gasteiger partial charge in [0.2, 0.25) is 10.0 Å². The van der Waals surface area contributed by atoms with Crippen LogP contribution in [0.3, 0.4) is 0 Å². The van der Waals surface area contributed by atoms with Crippen LogP contribution in [0.4, 0.5) is 0 Å². The molecule has 0 saturated carbocycles. The second-order valence-corrected chi connectivity index (χ2v) is 8.31. The first-order valence-corrected chi connectivity index (χ1v) is 10.5. The molecule has 0 amide bonds. The Balaban J connectivity index is 1.79. The fourth-order valence-electron chi connectivity index (χ4n) is 3.37. The summed E-state index contributed by atoms with van der Waals surface area (Å²) >= 11 is 0. The molecule has 1 atom stereocenters. The van der Waals surface area contributed by atoms with E-state index >= 15 is 0 Å². The molecule has 1 fully saturated rings. The van der Waals surface area contributed by atoms with Crippen molar-refractivity contribution in [2.24, 2.45) is 0 Å². The standard InChI is InChI=1S/C20H24N2O4S/c1-26-20(23)17-10-7-11-18(14-17)27(24,25)21-15-19(22-12-5-6-13-22)16-8-3-2-4-9-16/h2-4,7-11,14,19,21H,5-6,12-13,15H2,1H3/t19-/m0/s1. The Kier molecular flexibility index (Phi) is 6.26. The van der Waals surface area contributed by atoms with Gasteiger partial charge < -0.3 is 4.74 Å². The maximum atomic E-state index is 12.8. The predicted octanol–water partition coefficient (Wildman–Crippen LogP) is 2.59. The number of benzene rings is 2. The van der Waals surface area contributed by atoms with Crippen molar-refractivity contribution in [1.29, 1.82) is 0 Å². The summed E-state index contributed by atoms with van der Waals surface area (Å²) in [4.78, 5) is 14.0. The Morgan fingerprint density at radius 2 is 1.81 bits per heavy atom. The number of likely N-dealkylation sites (tertiary alicyclic amines) is 1. The summed E-state index contributed by atoms with van der Waals surface area (Å²) in [6, 6.07) is 15.8. The zero-order valence-corrected chi connectivity index (χ0v) is 16.1. The third-order valence-electron chi connectivity index (χ3n) is 4.80. The van der Waals surface area contributed by atoms with E-state index < -0.39 is 16.0 Å². The van der Waals surface area contributed by atoms with Crippen LogP contribution in [0.15, 0.2) is 59.5 Å². The summed E-state index contributed by atoms with van der Waals surface area (Å²) in [6.45, 7) is 2.19. The second-order valence-electron chi connectivity index (χ2n) is 6.54. The zero-order valence-electron chi connectivity index (χ0n) is 15.3. The summed E-state index contributed by atoms with van der Waals surface area (Å²) < 4.78 is 32.9. The molecule has 0 radical (unpaired) electrons. The monoisotopic (exact) mass is 388 g/mol. The highest BCUT2D eigenvalue weighted by molar-refractivity contribution is 7.89. The molecule has 1 aliphatic rings. The van der Waals surface area contributed by atoms with Gasteiger partial charge in [-0.15, -0.1) is 0 Å². The lowest BCUT2D eigenvalue weighted by Crippen LogP contribution is -2.36. The molecule has 144 valence electrons. The summed E-state index contributed by atoms with van der Waals surface area (Å²) in [5.74, 6) is -0.564. The maximum absolute atomic E-state index is 12.8. The van der Waals surface area contributed by atoms with Gasteiger partial charge in [-0.1, -0.05) is 36.4 Å². The van der Waals surface area contributed by atoms with Crippen LogP contribution in [0.1, 0.15) is 34.8 Å². The van der Waals surface area contributed by atoms with Crippen LogP contribution < -0.4 is 4.72 Å². The minimum absolute atomic E-state index is 0.0211. The van der Waals surface area contributed by atoms with Gasteiger partial charge >= 0.3 is 5.97 Å². The molecule has 0 spiro atoms. The van der Waals surface area contributed by atoms with Gasteiger partial charge in [-0.05, 0) is 49.7 Å². The Morgan fingerprint density at radius 1 is 1.11 bits per heavy atom. The van der Waals surface area contributed by atoms with Crippen LogP contribution in [0.5, 0.6) is 0 Å². The van der Waals surface area contributed by atoms with Crippen molar-refractivity contribution in [3.05, 3.63) is 65.7 Å². The molecule has 1 aliphatic heterocycles. The van der Waals surface area contributed by atoms with E-state index in [2.05, 4.69) is 14.4 Å². The molecular weight excluding hydrogens is 364 g/mol. The lowest BCUT2D eigenvalue weighted by Gasteiger charge is -2.28. The average molecular weight is 388 g/mol. The number of carbonyl (C=O) groups is 1. The number of esters is 1. The molecule has 0 unspecified atom stereocenters. The van der Waals surface area contributed by atoms with E-state index in [1.165, 1.54) is 31.4 Å². The summed E-state index contributed by atoms with van der Waals surface area (Å²) in [5.41, 5.74) is 1.30. The Hall–Kier alpha value is -2.22. The first-order valence-electron chi connectivity index (χ1n) is 8.98. The maximum Gasteiger partial charge on any atom is 0.337 e. The number of methoxy groups -OCH3 is 1. The molecule has 1 saturated heterocycles. The number of hydrogen-bond donors (Lipinski definition) is 1. The van der Waals surface area contributed by atoms with Crippen LogP contribution in [0.2, 0.25) is 0 Å². The van der Waals surface area contributed by atoms with Gasteiger partial charge in [0.05, 0.1) is 17.6 Å². The lowest BCUT2D eigenvalue weighted by molar-refractivity contribution is 0.0600. The summed E-state index contributed by atoms with van der Waals surface area (Å²) in [5, 5.41) is 0. The number of carbonyl (C=O) groups excluding carboxylic acids is 1. The molecule has 27 heavy (non-hydrogen) atoms. The highest BCUT2D eigenvalue weighted by Crippen LogP contribution is 2.25. The molecule has 2 aromatic carbocycles. The van der Waals surface area contributed by atoms with Crippen molar-refractivity contribution < 1.29 is 17.9 Å². The van der Waals surface area contributed by atoms with Crippen molar-refractivity contribution in [2.75, 3.05) is 26.7 Å². The number of hydrogen-bond acceptors (Lipinski definition) is 5. The second kappa shape index (κ2) is 8.65. The third-order valence-corrected chi connectivity index (χ3v) is 6.22. The van der Waals surface area contributed by atoms with E-state index in [1.54, 1.807) is 0 Å². The van der Waals surface area contributed by atoms with E-state index in [9.17, 15) is 13.2 Å². The van der Waals surface area contributed by atoms with E-state index in [0.29, 0.717) is 0 Å². The molecule has 6 nitrogen and oxygen atoms in total. The fourth-order valence-corrected chi connectivity index (χ4v) is 4.45. The van der Waals surface area contributed by atoms with Gasteiger partial charge in [-0.25, -0.2) is 17.9 Å². The molecule has 1 N–H and O–H groups in total. The number of nitrogens with zero attached hydrogens (tertiary/aromatic N) is 1. The molecule has 0 aromatic heterocycles. The topological polar surface area (TPSA) is 75.7 Å². The van der Waals surface area contributed by atoms with Crippen LogP contribution in [-0.4, -0.2) is 46.0 Å². The van der Waals surface area contributed by atoms with Gasteiger partial charge in [-0.3, -0.25) is 4.90 Å². The molecule has 1 heterocycles. The molecule has 0 aliphatic carbocycles. The first-order chi connectivity index (χ1) is 13.0. The fraction of sp³-hybridized carbons (Fsp3) is 0.350. The van der Waals surface area contributed by atoms with E-state index in [4.69, 9.17) is 0 Å². The van der Waals surface area contributed by atoms with Crippen LogP contribution in [-0.2, 0) is 14.8 Å².